The van der Waals surface area contributed by atoms with Crippen LogP contribution in [0.1, 0.15) is 23.6 Å². The van der Waals surface area contributed by atoms with E-state index in [0.717, 1.165) is 22.8 Å². The van der Waals surface area contributed by atoms with Crippen molar-refractivity contribution in [3.05, 3.63) is 113 Å². The second-order valence-corrected chi connectivity index (χ2v) is 7.50. The van der Waals surface area contributed by atoms with Gasteiger partial charge in [0.25, 0.3) is 0 Å². The van der Waals surface area contributed by atoms with Gasteiger partial charge in [-0.2, -0.15) is 5.10 Å². The maximum atomic E-state index is 6.11. The van der Waals surface area contributed by atoms with Crippen LogP contribution >= 0.6 is 11.6 Å². The predicted molar refractivity (Wildman–Crippen MR) is 118 cm³/mol. The SMILES string of the molecule is Clc1ccc([C@@H]2CC(c3ccc4ccccc4c3)=NN2c2ccccc2)cc1. The average Bonchev–Trinajstić information content (AvgIpc) is 3.20. The van der Waals surface area contributed by atoms with E-state index < -0.39 is 0 Å². The standard InChI is InChI=1S/C25H19ClN2/c26-22-14-12-19(13-15-22)25-17-24(27-28(25)23-8-2-1-3-9-23)21-11-10-18-6-4-5-7-20(18)16-21/h1-16,25H,17H2/t25-/m0/s1. The van der Waals surface area contributed by atoms with Crippen LogP contribution in [0.3, 0.4) is 0 Å². The third-order valence-electron chi connectivity index (χ3n) is 5.27. The van der Waals surface area contributed by atoms with Crippen LogP contribution in [0, 0.1) is 0 Å². The Labute approximate surface area is 169 Å². The Morgan fingerprint density at radius 3 is 2.25 bits per heavy atom. The summed E-state index contributed by atoms with van der Waals surface area (Å²) in [7, 11) is 0. The summed E-state index contributed by atoms with van der Waals surface area (Å²) in [6.07, 6.45) is 0.856. The molecule has 5 rings (SSSR count). The smallest absolute Gasteiger partial charge is 0.0831 e. The zero-order chi connectivity index (χ0) is 18.9. The Morgan fingerprint density at radius 2 is 1.46 bits per heavy atom. The molecule has 136 valence electrons. The second kappa shape index (κ2) is 7.14. The Balaban J connectivity index is 1.57. The molecule has 0 aromatic heterocycles. The van der Waals surface area contributed by atoms with E-state index in [9.17, 15) is 0 Å². The van der Waals surface area contributed by atoms with Crippen molar-refractivity contribution in [2.45, 2.75) is 12.5 Å². The Kier molecular flexibility index (Phi) is 4.34. The molecule has 0 bridgehead atoms. The molecule has 0 saturated heterocycles. The molecule has 1 atom stereocenters. The molecule has 3 heteroatoms. The number of hydrogen-bond donors (Lipinski definition) is 0. The molecule has 1 aliphatic heterocycles. The van der Waals surface area contributed by atoms with Crippen LogP contribution in [0.5, 0.6) is 0 Å². The molecule has 0 radical (unpaired) electrons. The molecule has 28 heavy (non-hydrogen) atoms. The van der Waals surface area contributed by atoms with Gasteiger partial charge in [0, 0.05) is 11.4 Å². The average molecular weight is 383 g/mol. The summed E-state index contributed by atoms with van der Waals surface area (Å²) in [6.45, 7) is 0. The Hall–Kier alpha value is -3.10. The van der Waals surface area contributed by atoms with E-state index in [0.29, 0.717) is 0 Å². The van der Waals surface area contributed by atoms with Crippen LogP contribution in [0.15, 0.2) is 102 Å². The molecule has 0 aliphatic carbocycles. The Morgan fingerprint density at radius 1 is 0.750 bits per heavy atom. The van der Waals surface area contributed by atoms with E-state index in [2.05, 4.69) is 83.9 Å². The monoisotopic (exact) mass is 382 g/mol. The van der Waals surface area contributed by atoms with Crippen molar-refractivity contribution < 1.29 is 0 Å². The highest BCUT2D eigenvalue weighted by atomic mass is 35.5. The van der Waals surface area contributed by atoms with E-state index in [-0.39, 0.29) is 6.04 Å². The third-order valence-corrected chi connectivity index (χ3v) is 5.52. The minimum atomic E-state index is 0.154. The lowest BCUT2D eigenvalue weighted by Gasteiger charge is -2.24. The lowest BCUT2D eigenvalue weighted by Crippen LogP contribution is -2.18. The van der Waals surface area contributed by atoms with Gasteiger partial charge in [0.2, 0.25) is 0 Å². The summed E-state index contributed by atoms with van der Waals surface area (Å²) in [6, 6.07) is 33.6. The molecule has 0 amide bonds. The van der Waals surface area contributed by atoms with Gasteiger partial charge in [0.15, 0.2) is 0 Å². The van der Waals surface area contributed by atoms with E-state index in [1.165, 1.54) is 21.9 Å². The largest absolute Gasteiger partial charge is 0.257 e. The number of rotatable bonds is 3. The molecule has 2 nitrogen and oxygen atoms in total. The van der Waals surface area contributed by atoms with Crippen LogP contribution in [0.2, 0.25) is 5.02 Å². The number of anilines is 1. The quantitative estimate of drug-likeness (QED) is 0.378. The summed E-state index contributed by atoms with van der Waals surface area (Å²) < 4.78 is 0. The zero-order valence-corrected chi connectivity index (χ0v) is 16.1. The number of benzene rings is 4. The summed E-state index contributed by atoms with van der Waals surface area (Å²) in [4.78, 5) is 0. The highest BCUT2D eigenvalue weighted by Crippen LogP contribution is 2.37. The van der Waals surface area contributed by atoms with Gasteiger partial charge >= 0.3 is 0 Å². The van der Waals surface area contributed by atoms with E-state index in [1.807, 2.05) is 18.2 Å². The normalized spacial score (nSPS) is 16.4. The number of halogens is 1. The first-order valence-corrected chi connectivity index (χ1v) is 9.82. The van der Waals surface area contributed by atoms with E-state index in [1.54, 1.807) is 0 Å². The molecule has 0 saturated carbocycles. The van der Waals surface area contributed by atoms with Gasteiger partial charge in [-0.15, -0.1) is 0 Å². The highest BCUT2D eigenvalue weighted by molar-refractivity contribution is 6.30. The second-order valence-electron chi connectivity index (χ2n) is 7.06. The van der Waals surface area contributed by atoms with Gasteiger partial charge in [-0.25, -0.2) is 0 Å². The molecule has 4 aromatic carbocycles. The molecule has 0 spiro atoms. The molecule has 4 aromatic rings. The summed E-state index contributed by atoms with van der Waals surface area (Å²) in [5.74, 6) is 0. The van der Waals surface area contributed by atoms with Crippen LogP contribution < -0.4 is 5.01 Å². The first kappa shape index (κ1) is 17.0. The third kappa shape index (κ3) is 3.17. The van der Waals surface area contributed by atoms with Gasteiger partial charge in [-0.1, -0.05) is 78.3 Å². The maximum Gasteiger partial charge on any atom is 0.0831 e. The first-order chi connectivity index (χ1) is 13.8. The van der Waals surface area contributed by atoms with Crippen LogP contribution in [-0.2, 0) is 0 Å². The number of hydrazone groups is 1. The summed E-state index contributed by atoms with van der Waals surface area (Å²) in [5, 5.41) is 10.4. The Bertz CT molecular complexity index is 1150. The van der Waals surface area contributed by atoms with Crippen molar-refractivity contribution in [1.29, 1.82) is 0 Å². The zero-order valence-electron chi connectivity index (χ0n) is 15.3. The van der Waals surface area contributed by atoms with Crippen molar-refractivity contribution in [1.82, 2.24) is 0 Å². The van der Waals surface area contributed by atoms with E-state index in [4.69, 9.17) is 16.7 Å². The minimum absolute atomic E-state index is 0.154. The van der Waals surface area contributed by atoms with Gasteiger partial charge < -0.3 is 0 Å². The van der Waals surface area contributed by atoms with Gasteiger partial charge in [0.05, 0.1) is 17.4 Å². The fraction of sp³-hybridized carbons (Fsp3) is 0.0800. The topological polar surface area (TPSA) is 15.6 Å². The van der Waals surface area contributed by atoms with Crippen LogP contribution in [0.25, 0.3) is 10.8 Å². The maximum absolute atomic E-state index is 6.11. The van der Waals surface area contributed by atoms with Crippen molar-refractivity contribution in [2.24, 2.45) is 5.10 Å². The molecular formula is C25H19ClN2. The number of fused-ring (bicyclic) bond motifs is 1. The highest BCUT2D eigenvalue weighted by Gasteiger charge is 2.29. The van der Waals surface area contributed by atoms with Gasteiger partial charge in [-0.3, -0.25) is 5.01 Å². The molecule has 0 unspecified atom stereocenters. The lowest BCUT2D eigenvalue weighted by molar-refractivity contribution is 0.709. The fourth-order valence-electron chi connectivity index (χ4n) is 3.82. The predicted octanol–water partition coefficient (Wildman–Crippen LogP) is 6.85. The number of para-hydroxylation sites is 1. The molecular weight excluding hydrogens is 364 g/mol. The molecule has 0 N–H and O–H groups in total. The number of nitrogens with zero attached hydrogens (tertiary/aromatic N) is 2. The lowest BCUT2D eigenvalue weighted by atomic mass is 9.97. The van der Waals surface area contributed by atoms with Crippen LogP contribution in [0.4, 0.5) is 5.69 Å². The number of hydrogen-bond acceptors (Lipinski definition) is 2. The van der Waals surface area contributed by atoms with Gasteiger partial charge in [-0.05, 0) is 52.2 Å². The fourth-order valence-corrected chi connectivity index (χ4v) is 3.94. The van der Waals surface area contributed by atoms with Crippen molar-refractivity contribution >= 4 is 33.8 Å². The molecule has 1 aliphatic rings. The molecule has 0 fully saturated rings. The van der Waals surface area contributed by atoms with Gasteiger partial charge in [0.1, 0.15) is 0 Å². The van der Waals surface area contributed by atoms with Crippen molar-refractivity contribution in [2.75, 3.05) is 5.01 Å². The molecule has 1 heterocycles. The van der Waals surface area contributed by atoms with E-state index >= 15 is 0 Å². The minimum Gasteiger partial charge on any atom is -0.257 e. The van der Waals surface area contributed by atoms with Crippen LogP contribution in [-0.4, -0.2) is 5.71 Å². The summed E-state index contributed by atoms with van der Waals surface area (Å²) >= 11 is 6.11. The van der Waals surface area contributed by atoms with Crippen molar-refractivity contribution in [3.63, 3.8) is 0 Å². The van der Waals surface area contributed by atoms with Crippen molar-refractivity contribution in [3.8, 4) is 0 Å². The first-order valence-electron chi connectivity index (χ1n) is 9.44. The summed E-state index contributed by atoms with van der Waals surface area (Å²) in [5.41, 5.74) is 4.59.